The van der Waals surface area contributed by atoms with Crippen molar-refractivity contribution in [1.82, 2.24) is 9.47 Å². The molecule has 6 heteroatoms. The molecule has 1 aromatic heterocycles. The highest BCUT2D eigenvalue weighted by atomic mass is 16.7. The van der Waals surface area contributed by atoms with Gasteiger partial charge in [0.15, 0.2) is 0 Å². The van der Waals surface area contributed by atoms with E-state index in [4.69, 9.17) is 9.47 Å². The Hall–Kier alpha value is -2.34. The van der Waals surface area contributed by atoms with Crippen molar-refractivity contribution >= 4 is 23.0 Å². The predicted octanol–water partition coefficient (Wildman–Crippen LogP) is 3.28. The summed E-state index contributed by atoms with van der Waals surface area (Å²) in [5.41, 5.74) is 1.86. The van der Waals surface area contributed by atoms with E-state index in [-0.39, 0.29) is 5.92 Å². The molecule has 1 unspecified atom stereocenters. The average molecular weight is 346 g/mol. The summed E-state index contributed by atoms with van der Waals surface area (Å²) in [7, 11) is 4.02. The van der Waals surface area contributed by atoms with Crippen LogP contribution >= 0.6 is 0 Å². The van der Waals surface area contributed by atoms with E-state index >= 15 is 0 Å². The summed E-state index contributed by atoms with van der Waals surface area (Å²) in [5, 5.41) is 1.02. The Morgan fingerprint density at radius 3 is 2.44 bits per heavy atom. The second-order valence-corrected chi connectivity index (χ2v) is 6.64. The number of benzene rings is 1. The monoisotopic (exact) mass is 346 g/mol. The molecular weight excluding hydrogens is 320 g/mol. The Morgan fingerprint density at radius 1 is 1.12 bits per heavy atom. The van der Waals surface area contributed by atoms with Crippen LogP contribution < -0.4 is 0 Å². The third-order valence-corrected chi connectivity index (χ3v) is 3.84. The van der Waals surface area contributed by atoms with Crippen LogP contribution in [0.3, 0.4) is 0 Å². The van der Waals surface area contributed by atoms with Gasteiger partial charge in [-0.1, -0.05) is 32.0 Å². The highest BCUT2D eigenvalue weighted by Gasteiger charge is 2.20. The van der Waals surface area contributed by atoms with Gasteiger partial charge < -0.3 is 14.4 Å². The first-order valence-electron chi connectivity index (χ1n) is 8.44. The number of hydrogen-bond donors (Lipinski definition) is 0. The fraction of sp³-hybridized carbons (Fsp3) is 0.474. The lowest BCUT2D eigenvalue weighted by molar-refractivity contribution is -0.168. The van der Waals surface area contributed by atoms with Crippen LogP contribution in [0.25, 0.3) is 10.9 Å². The molecule has 0 radical (unpaired) electrons. The van der Waals surface area contributed by atoms with E-state index in [2.05, 4.69) is 4.90 Å². The number of carbonyl (C=O) groups excluding carboxylic acids is 2. The van der Waals surface area contributed by atoms with Crippen molar-refractivity contribution in [2.75, 3.05) is 20.6 Å². The highest BCUT2D eigenvalue weighted by Crippen LogP contribution is 2.22. The average Bonchev–Trinajstić information content (AvgIpc) is 2.91. The smallest absolute Gasteiger partial charge is 0.421 e. The first kappa shape index (κ1) is 19.0. The first-order chi connectivity index (χ1) is 11.8. The molecule has 1 aromatic carbocycles. The zero-order chi connectivity index (χ0) is 18.6. The van der Waals surface area contributed by atoms with Crippen molar-refractivity contribution in [3.63, 3.8) is 0 Å². The van der Waals surface area contributed by atoms with Gasteiger partial charge in [0, 0.05) is 25.1 Å². The maximum Gasteiger partial charge on any atom is 0.421 e. The Kier molecular flexibility index (Phi) is 6.20. The molecule has 25 heavy (non-hydrogen) atoms. The third-order valence-electron chi connectivity index (χ3n) is 3.84. The van der Waals surface area contributed by atoms with Crippen LogP contribution in [0.15, 0.2) is 30.5 Å². The minimum atomic E-state index is -0.936. The number of esters is 1. The molecule has 2 aromatic rings. The van der Waals surface area contributed by atoms with Crippen LogP contribution in [0.1, 0.15) is 26.3 Å². The number of fused-ring (bicyclic) bond motifs is 1. The van der Waals surface area contributed by atoms with Gasteiger partial charge in [-0.05, 0) is 32.1 Å². The Labute approximate surface area is 148 Å². The number of rotatable bonds is 6. The Morgan fingerprint density at radius 2 is 1.80 bits per heavy atom. The predicted molar refractivity (Wildman–Crippen MR) is 96.5 cm³/mol. The molecule has 2 rings (SSSR count). The van der Waals surface area contributed by atoms with Gasteiger partial charge in [-0.2, -0.15) is 0 Å². The van der Waals surface area contributed by atoms with Crippen LogP contribution in [0.5, 0.6) is 0 Å². The van der Waals surface area contributed by atoms with Crippen LogP contribution in [0.4, 0.5) is 4.79 Å². The second-order valence-electron chi connectivity index (χ2n) is 6.64. The number of carbonyl (C=O) groups is 2. The highest BCUT2D eigenvalue weighted by molar-refractivity contribution is 5.92. The molecule has 6 nitrogen and oxygen atoms in total. The van der Waals surface area contributed by atoms with Gasteiger partial charge in [-0.3, -0.25) is 9.36 Å². The SMILES string of the molecule is CC(OC(=O)C(C)C)OC(=O)n1cc(CCN(C)C)c2ccccc21. The van der Waals surface area contributed by atoms with Gasteiger partial charge in [0.05, 0.1) is 11.4 Å². The number of ether oxygens (including phenoxy) is 2. The van der Waals surface area contributed by atoms with E-state index in [0.29, 0.717) is 0 Å². The van der Waals surface area contributed by atoms with Crippen LogP contribution in [0, 0.1) is 5.92 Å². The molecule has 0 fully saturated rings. The molecule has 0 amide bonds. The normalized spacial score (nSPS) is 12.6. The summed E-state index contributed by atoms with van der Waals surface area (Å²) in [4.78, 5) is 26.2. The maximum absolute atomic E-state index is 12.5. The largest absolute Gasteiger partial charge is 0.425 e. The van der Waals surface area contributed by atoms with Crippen molar-refractivity contribution < 1.29 is 19.1 Å². The van der Waals surface area contributed by atoms with Crippen molar-refractivity contribution in [2.45, 2.75) is 33.5 Å². The molecule has 0 aliphatic heterocycles. The molecule has 136 valence electrons. The standard InChI is InChI=1S/C19H26N2O4/c1-13(2)18(22)24-14(3)25-19(23)21-12-15(10-11-20(4)5)16-8-6-7-9-17(16)21/h6-9,12-14H,10-11H2,1-5H3. The van der Waals surface area contributed by atoms with E-state index in [1.165, 1.54) is 11.5 Å². The lowest BCUT2D eigenvalue weighted by atomic mass is 10.1. The fourth-order valence-electron chi connectivity index (χ4n) is 2.47. The summed E-state index contributed by atoms with van der Waals surface area (Å²) >= 11 is 0. The van der Waals surface area contributed by atoms with Gasteiger partial charge in [-0.25, -0.2) is 4.79 Å². The summed E-state index contributed by atoms with van der Waals surface area (Å²) in [6.07, 6.45) is 1.13. The van der Waals surface area contributed by atoms with E-state index in [0.717, 1.165) is 29.4 Å². The quantitative estimate of drug-likeness (QED) is 0.593. The summed E-state index contributed by atoms with van der Waals surface area (Å²) in [5.74, 6) is -0.671. The minimum Gasteiger partial charge on any atom is -0.425 e. The van der Waals surface area contributed by atoms with Gasteiger partial charge in [-0.15, -0.1) is 0 Å². The molecule has 1 atom stereocenters. The van der Waals surface area contributed by atoms with Crippen molar-refractivity contribution in [3.05, 3.63) is 36.0 Å². The minimum absolute atomic E-state index is 0.272. The topological polar surface area (TPSA) is 60.8 Å². The summed E-state index contributed by atoms with van der Waals surface area (Å²) < 4.78 is 11.8. The van der Waals surface area contributed by atoms with Crippen LogP contribution in [0.2, 0.25) is 0 Å². The summed E-state index contributed by atoms with van der Waals surface area (Å²) in [6, 6.07) is 7.70. The van der Waals surface area contributed by atoms with Crippen LogP contribution in [-0.4, -0.2) is 48.5 Å². The van der Waals surface area contributed by atoms with Crippen molar-refractivity contribution in [2.24, 2.45) is 5.92 Å². The number of aromatic nitrogens is 1. The Balaban J connectivity index is 2.19. The molecular formula is C19H26N2O4. The van der Waals surface area contributed by atoms with Gasteiger partial charge in [0.2, 0.25) is 6.29 Å². The lowest BCUT2D eigenvalue weighted by Crippen LogP contribution is -2.26. The second kappa shape index (κ2) is 8.16. The van der Waals surface area contributed by atoms with E-state index < -0.39 is 18.4 Å². The number of likely N-dealkylation sites (N-methyl/N-ethyl adjacent to an activating group) is 1. The van der Waals surface area contributed by atoms with E-state index in [1.54, 1.807) is 20.0 Å². The van der Waals surface area contributed by atoms with Gasteiger partial charge in [0.25, 0.3) is 0 Å². The zero-order valence-corrected chi connectivity index (χ0v) is 15.5. The molecule has 0 saturated heterocycles. The van der Waals surface area contributed by atoms with Crippen molar-refractivity contribution in [1.29, 1.82) is 0 Å². The first-order valence-corrected chi connectivity index (χ1v) is 8.44. The molecule has 1 heterocycles. The van der Waals surface area contributed by atoms with Gasteiger partial charge >= 0.3 is 12.1 Å². The molecule has 0 N–H and O–H groups in total. The van der Waals surface area contributed by atoms with E-state index in [1.807, 2.05) is 38.4 Å². The van der Waals surface area contributed by atoms with Crippen LogP contribution in [-0.2, 0) is 20.7 Å². The number of para-hydroxylation sites is 1. The third kappa shape index (κ3) is 4.82. The lowest BCUT2D eigenvalue weighted by Gasteiger charge is -2.15. The molecule has 0 aliphatic carbocycles. The summed E-state index contributed by atoms with van der Waals surface area (Å²) in [6.45, 7) is 5.88. The van der Waals surface area contributed by atoms with E-state index in [9.17, 15) is 9.59 Å². The maximum atomic E-state index is 12.5. The van der Waals surface area contributed by atoms with Gasteiger partial charge in [0.1, 0.15) is 0 Å². The molecule has 0 aliphatic rings. The Bertz CT molecular complexity index is 749. The number of hydrogen-bond acceptors (Lipinski definition) is 5. The molecule has 0 spiro atoms. The number of nitrogens with zero attached hydrogens (tertiary/aromatic N) is 2. The molecule has 0 bridgehead atoms. The fourth-order valence-corrected chi connectivity index (χ4v) is 2.47. The van der Waals surface area contributed by atoms with Crippen molar-refractivity contribution in [3.8, 4) is 0 Å². The molecule has 0 saturated carbocycles. The zero-order valence-electron chi connectivity index (χ0n) is 15.5.